The molecular formula is C20H14ClNO5. The smallest absolute Gasteiger partial charge is 0.339 e. The van der Waals surface area contributed by atoms with E-state index in [1.54, 1.807) is 24.3 Å². The zero-order chi connectivity index (χ0) is 19.2. The molecule has 3 rings (SSSR count). The van der Waals surface area contributed by atoms with E-state index in [2.05, 4.69) is 0 Å². The van der Waals surface area contributed by atoms with E-state index in [4.69, 9.17) is 21.1 Å². The van der Waals surface area contributed by atoms with Crippen molar-refractivity contribution in [1.29, 1.82) is 0 Å². The molecule has 0 radical (unpaired) electrons. The monoisotopic (exact) mass is 383 g/mol. The first-order valence-corrected chi connectivity index (χ1v) is 8.33. The van der Waals surface area contributed by atoms with Gasteiger partial charge in [0.05, 0.1) is 15.5 Å². The van der Waals surface area contributed by atoms with Crippen molar-refractivity contribution in [3.05, 3.63) is 99.1 Å². The highest BCUT2D eigenvalue weighted by Gasteiger charge is 2.16. The lowest BCUT2D eigenvalue weighted by atomic mass is 10.2. The number of rotatable bonds is 6. The number of esters is 1. The number of hydrogen-bond donors (Lipinski definition) is 0. The van der Waals surface area contributed by atoms with Gasteiger partial charge < -0.3 is 9.47 Å². The lowest BCUT2D eigenvalue weighted by Gasteiger charge is -2.09. The number of benzene rings is 3. The first kappa shape index (κ1) is 18.4. The Morgan fingerprint density at radius 2 is 1.70 bits per heavy atom. The van der Waals surface area contributed by atoms with Crippen LogP contribution in [0.2, 0.25) is 5.02 Å². The third-order valence-electron chi connectivity index (χ3n) is 3.63. The Kier molecular flexibility index (Phi) is 5.68. The number of carbonyl (C=O) groups excluding carboxylic acids is 1. The average molecular weight is 384 g/mol. The minimum Gasteiger partial charge on any atom is -0.457 e. The van der Waals surface area contributed by atoms with E-state index in [1.165, 1.54) is 12.1 Å². The molecule has 27 heavy (non-hydrogen) atoms. The zero-order valence-corrected chi connectivity index (χ0v) is 14.8. The van der Waals surface area contributed by atoms with Crippen LogP contribution in [0.3, 0.4) is 0 Å². The second-order valence-electron chi connectivity index (χ2n) is 5.56. The van der Waals surface area contributed by atoms with Gasteiger partial charge in [0.15, 0.2) is 0 Å². The third kappa shape index (κ3) is 4.83. The number of nitro groups is 1. The molecule has 7 heteroatoms. The van der Waals surface area contributed by atoms with E-state index in [0.717, 1.165) is 11.6 Å². The van der Waals surface area contributed by atoms with Crippen molar-refractivity contribution in [2.75, 3.05) is 0 Å². The number of ether oxygens (including phenoxy) is 2. The molecule has 0 aliphatic heterocycles. The van der Waals surface area contributed by atoms with Gasteiger partial charge in [-0.05, 0) is 35.9 Å². The van der Waals surface area contributed by atoms with Gasteiger partial charge in [-0.15, -0.1) is 0 Å². The average Bonchev–Trinajstić information content (AvgIpc) is 2.67. The molecule has 0 atom stereocenters. The van der Waals surface area contributed by atoms with Crippen molar-refractivity contribution in [2.24, 2.45) is 0 Å². The van der Waals surface area contributed by atoms with Crippen molar-refractivity contribution in [3.63, 3.8) is 0 Å². The fraction of sp³-hybridized carbons (Fsp3) is 0.0500. The Balaban J connectivity index is 1.65. The van der Waals surface area contributed by atoms with E-state index >= 15 is 0 Å². The van der Waals surface area contributed by atoms with Crippen LogP contribution >= 0.6 is 11.6 Å². The first-order valence-electron chi connectivity index (χ1n) is 7.96. The minimum atomic E-state index is -0.663. The second-order valence-corrected chi connectivity index (χ2v) is 5.97. The number of carbonyl (C=O) groups is 1. The first-order chi connectivity index (χ1) is 13.0. The SMILES string of the molecule is O=C(OCc1cccc(Oc2ccccc2)c1)c1ccc([N+](=O)[O-])cc1Cl. The molecule has 3 aromatic rings. The second kappa shape index (κ2) is 8.33. The van der Waals surface area contributed by atoms with Crippen LogP contribution in [0, 0.1) is 10.1 Å². The molecule has 0 aliphatic rings. The maximum absolute atomic E-state index is 12.2. The van der Waals surface area contributed by atoms with Gasteiger partial charge in [-0.3, -0.25) is 10.1 Å². The number of nitrogens with zero attached hydrogens (tertiary/aromatic N) is 1. The van der Waals surface area contributed by atoms with Gasteiger partial charge in [-0.25, -0.2) is 4.79 Å². The predicted molar refractivity (Wildman–Crippen MR) is 100 cm³/mol. The molecule has 0 fully saturated rings. The molecule has 136 valence electrons. The summed E-state index contributed by atoms with van der Waals surface area (Å²) in [4.78, 5) is 22.3. The van der Waals surface area contributed by atoms with Crippen molar-refractivity contribution < 1.29 is 19.2 Å². The van der Waals surface area contributed by atoms with E-state index in [9.17, 15) is 14.9 Å². The van der Waals surface area contributed by atoms with E-state index in [1.807, 2.05) is 30.3 Å². The van der Waals surface area contributed by atoms with Gasteiger partial charge in [0.1, 0.15) is 18.1 Å². The Labute approximate surface area is 160 Å². The molecule has 0 spiro atoms. The summed E-state index contributed by atoms with van der Waals surface area (Å²) in [6.07, 6.45) is 0. The van der Waals surface area contributed by atoms with Crippen LogP contribution in [0.1, 0.15) is 15.9 Å². The van der Waals surface area contributed by atoms with Crippen molar-refractivity contribution in [1.82, 2.24) is 0 Å². The summed E-state index contributed by atoms with van der Waals surface area (Å²) in [7, 11) is 0. The molecular weight excluding hydrogens is 370 g/mol. The predicted octanol–water partition coefficient (Wildman–Crippen LogP) is 5.40. The standard InChI is InChI=1S/C20H14ClNO5/c21-19-12-15(22(24)25)9-10-18(19)20(23)26-13-14-5-4-8-17(11-14)27-16-6-2-1-3-7-16/h1-12H,13H2. The fourth-order valence-corrected chi connectivity index (χ4v) is 2.59. The third-order valence-corrected chi connectivity index (χ3v) is 3.94. The highest BCUT2D eigenvalue weighted by atomic mass is 35.5. The van der Waals surface area contributed by atoms with Gasteiger partial charge in [0, 0.05) is 12.1 Å². The van der Waals surface area contributed by atoms with Crippen molar-refractivity contribution in [3.8, 4) is 11.5 Å². The molecule has 0 saturated heterocycles. The summed E-state index contributed by atoms with van der Waals surface area (Å²) in [5, 5.41) is 10.7. The topological polar surface area (TPSA) is 78.7 Å². The van der Waals surface area contributed by atoms with E-state index in [0.29, 0.717) is 11.5 Å². The van der Waals surface area contributed by atoms with Gasteiger partial charge >= 0.3 is 5.97 Å². The number of halogens is 1. The number of non-ortho nitro benzene ring substituents is 1. The summed E-state index contributed by atoms with van der Waals surface area (Å²) in [5.74, 6) is 0.650. The largest absolute Gasteiger partial charge is 0.457 e. The zero-order valence-electron chi connectivity index (χ0n) is 14.0. The Morgan fingerprint density at radius 3 is 2.41 bits per heavy atom. The Hall–Kier alpha value is -3.38. The molecule has 0 heterocycles. The Bertz CT molecular complexity index is 975. The van der Waals surface area contributed by atoms with Crippen molar-refractivity contribution >= 4 is 23.3 Å². The summed E-state index contributed by atoms with van der Waals surface area (Å²) in [5.41, 5.74) is 0.607. The van der Waals surface area contributed by atoms with Crippen LogP contribution in [0.5, 0.6) is 11.5 Å². The van der Waals surface area contributed by atoms with E-state index < -0.39 is 10.9 Å². The quantitative estimate of drug-likeness (QED) is 0.323. The summed E-state index contributed by atoms with van der Waals surface area (Å²) >= 11 is 5.94. The van der Waals surface area contributed by atoms with Crippen LogP contribution in [-0.2, 0) is 11.3 Å². The molecule has 0 aromatic heterocycles. The highest BCUT2D eigenvalue weighted by Crippen LogP contribution is 2.25. The molecule has 0 unspecified atom stereocenters. The van der Waals surface area contributed by atoms with Gasteiger partial charge in [-0.2, -0.15) is 0 Å². The number of para-hydroxylation sites is 1. The molecule has 0 aliphatic carbocycles. The molecule has 0 amide bonds. The van der Waals surface area contributed by atoms with Crippen LogP contribution in [0.15, 0.2) is 72.8 Å². The van der Waals surface area contributed by atoms with Crippen molar-refractivity contribution in [2.45, 2.75) is 6.61 Å². The molecule has 0 bridgehead atoms. The van der Waals surface area contributed by atoms with Crippen LogP contribution in [0.4, 0.5) is 5.69 Å². The molecule has 0 saturated carbocycles. The lowest BCUT2D eigenvalue weighted by molar-refractivity contribution is -0.384. The maximum atomic E-state index is 12.2. The minimum absolute atomic E-state index is 0.0120. The number of hydrogen-bond acceptors (Lipinski definition) is 5. The molecule has 6 nitrogen and oxygen atoms in total. The fourth-order valence-electron chi connectivity index (χ4n) is 2.33. The molecule has 0 N–H and O–H groups in total. The lowest BCUT2D eigenvalue weighted by Crippen LogP contribution is -2.06. The summed E-state index contributed by atoms with van der Waals surface area (Å²) in [6, 6.07) is 20.1. The van der Waals surface area contributed by atoms with Crippen LogP contribution < -0.4 is 4.74 Å². The van der Waals surface area contributed by atoms with E-state index in [-0.39, 0.29) is 22.9 Å². The number of nitro benzene ring substituents is 1. The maximum Gasteiger partial charge on any atom is 0.339 e. The highest BCUT2D eigenvalue weighted by molar-refractivity contribution is 6.33. The summed E-state index contributed by atoms with van der Waals surface area (Å²) in [6.45, 7) is 0.0120. The Morgan fingerprint density at radius 1 is 0.963 bits per heavy atom. The van der Waals surface area contributed by atoms with Crippen LogP contribution in [-0.4, -0.2) is 10.9 Å². The molecule has 3 aromatic carbocycles. The van der Waals surface area contributed by atoms with Gasteiger partial charge in [0.25, 0.3) is 5.69 Å². The van der Waals surface area contributed by atoms with Gasteiger partial charge in [-0.1, -0.05) is 41.9 Å². The van der Waals surface area contributed by atoms with Gasteiger partial charge in [0.2, 0.25) is 0 Å². The van der Waals surface area contributed by atoms with Crippen LogP contribution in [0.25, 0.3) is 0 Å². The normalized spacial score (nSPS) is 10.3. The summed E-state index contributed by atoms with van der Waals surface area (Å²) < 4.78 is 11.0.